The quantitative estimate of drug-likeness (QED) is 0.774. The molecule has 0 bridgehead atoms. The van der Waals surface area contributed by atoms with Gasteiger partial charge in [0.2, 0.25) is 0 Å². The van der Waals surface area contributed by atoms with Gasteiger partial charge in [0.25, 0.3) is 9.05 Å². The molecule has 0 radical (unpaired) electrons. The Bertz CT molecular complexity index is 541. The van der Waals surface area contributed by atoms with Crippen molar-refractivity contribution in [2.75, 3.05) is 6.26 Å². The number of benzene rings is 1. The molecule has 0 amide bonds. The third-order valence-electron chi connectivity index (χ3n) is 1.55. The largest absolute Gasteiger partial charge is 0.261 e. The molecule has 0 heterocycles. The first-order valence-electron chi connectivity index (χ1n) is 3.56. The molecule has 0 atom stereocenters. The van der Waals surface area contributed by atoms with Crippen LogP contribution in [0, 0.1) is 0 Å². The molecule has 1 rings (SSSR count). The van der Waals surface area contributed by atoms with E-state index in [1.165, 1.54) is 12.1 Å². The lowest BCUT2D eigenvalue weighted by Crippen LogP contribution is -2.00. The zero-order valence-corrected chi connectivity index (χ0v) is 11.4. The summed E-state index contributed by atoms with van der Waals surface area (Å²) in [4.78, 5) is -0.352. The first-order valence-corrected chi connectivity index (χ1v) is 8.55. The molecule has 0 aliphatic rings. The van der Waals surface area contributed by atoms with E-state index in [2.05, 4.69) is 15.9 Å². The van der Waals surface area contributed by atoms with E-state index in [-0.39, 0.29) is 9.79 Å². The molecule has 8 heteroatoms. The molecule has 0 aliphatic heterocycles. The Morgan fingerprint density at radius 1 is 1.07 bits per heavy atom. The fourth-order valence-corrected chi connectivity index (χ4v) is 3.25. The van der Waals surface area contributed by atoms with Crippen molar-refractivity contribution in [3.05, 3.63) is 22.7 Å². The highest BCUT2D eigenvalue weighted by molar-refractivity contribution is 9.10. The molecule has 0 saturated carbocycles. The van der Waals surface area contributed by atoms with Crippen molar-refractivity contribution in [2.24, 2.45) is 0 Å². The van der Waals surface area contributed by atoms with Gasteiger partial charge in [0.15, 0.2) is 9.84 Å². The molecule has 0 saturated heterocycles. The zero-order chi connectivity index (χ0) is 11.9. The molecule has 1 aromatic carbocycles. The molecule has 0 unspecified atom stereocenters. The fraction of sp³-hybridized carbons (Fsp3) is 0.143. The van der Waals surface area contributed by atoms with E-state index < -0.39 is 18.9 Å². The van der Waals surface area contributed by atoms with E-state index in [0.29, 0.717) is 4.47 Å². The molecular formula is C7H6BrClO4S2. The highest BCUT2D eigenvalue weighted by Crippen LogP contribution is 2.24. The lowest BCUT2D eigenvalue weighted by molar-refractivity contribution is 0.601. The minimum absolute atomic E-state index is 0.101. The predicted molar refractivity (Wildman–Crippen MR) is 60.3 cm³/mol. The number of sulfone groups is 1. The third-order valence-corrected chi connectivity index (χ3v) is 4.44. The summed E-state index contributed by atoms with van der Waals surface area (Å²) in [6.45, 7) is 0. The minimum Gasteiger partial charge on any atom is -0.224 e. The Kier molecular flexibility index (Phi) is 3.49. The van der Waals surface area contributed by atoms with Gasteiger partial charge in [-0.3, -0.25) is 0 Å². The van der Waals surface area contributed by atoms with Crippen LogP contribution in [0.3, 0.4) is 0 Å². The molecule has 0 aliphatic carbocycles. The molecule has 0 N–H and O–H groups in total. The number of halogens is 2. The van der Waals surface area contributed by atoms with E-state index in [1.807, 2.05) is 0 Å². The predicted octanol–water partition coefficient (Wildman–Crippen LogP) is 1.78. The van der Waals surface area contributed by atoms with E-state index in [1.54, 1.807) is 0 Å². The summed E-state index contributed by atoms with van der Waals surface area (Å²) in [5.41, 5.74) is 0. The lowest BCUT2D eigenvalue weighted by Gasteiger charge is -2.02. The minimum atomic E-state index is -3.93. The number of hydrogen-bond donors (Lipinski definition) is 0. The maximum Gasteiger partial charge on any atom is 0.261 e. The van der Waals surface area contributed by atoms with Gasteiger partial charge in [-0.25, -0.2) is 16.8 Å². The average Bonchev–Trinajstić information content (AvgIpc) is 1.99. The van der Waals surface area contributed by atoms with Crippen LogP contribution < -0.4 is 0 Å². The second-order valence-electron chi connectivity index (χ2n) is 2.83. The van der Waals surface area contributed by atoms with Crippen LogP contribution in [-0.2, 0) is 18.9 Å². The molecule has 84 valence electrons. The number of hydrogen-bond acceptors (Lipinski definition) is 4. The van der Waals surface area contributed by atoms with Gasteiger partial charge in [-0.1, -0.05) is 15.9 Å². The van der Waals surface area contributed by atoms with Crippen molar-refractivity contribution >= 4 is 45.5 Å². The van der Waals surface area contributed by atoms with Gasteiger partial charge in [-0.2, -0.15) is 0 Å². The molecule has 0 spiro atoms. The summed E-state index contributed by atoms with van der Waals surface area (Å²) in [7, 11) is -2.28. The SMILES string of the molecule is CS(=O)(=O)c1cc(Br)cc(S(=O)(=O)Cl)c1. The smallest absolute Gasteiger partial charge is 0.224 e. The Hall–Kier alpha value is -0.110. The second-order valence-corrected chi connectivity index (χ2v) is 8.33. The maximum absolute atomic E-state index is 11.2. The van der Waals surface area contributed by atoms with Crippen molar-refractivity contribution in [2.45, 2.75) is 9.79 Å². The van der Waals surface area contributed by atoms with Crippen LogP contribution in [0.15, 0.2) is 32.5 Å². The molecule has 15 heavy (non-hydrogen) atoms. The monoisotopic (exact) mass is 332 g/mol. The number of rotatable bonds is 2. The summed E-state index contributed by atoms with van der Waals surface area (Å²) in [6, 6.07) is 3.56. The zero-order valence-electron chi connectivity index (χ0n) is 7.44. The Morgan fingerprint density at radius 2 is 1.53 bits per heavy atom. The lowest BCUT2D eigenvalue weighted by atomic mass is 10.4. The van der Waals surface area contributed by atoms with Crippen molar-refractivity contribution in [3.63, 3.8) is 0 Å². The van der Waals surface area contributed by atoms with Gasteiger partial charge in [0.1, 0.15) is 0 Å². The Morgan fingerprint density at radius 3 is 1.93 bits per heavy atom. The summed E-state index contributed by atoms with van der Waals surface area (Å²) in [6.07, 6.45) is 0.986. The molecule has 1 aromatic rings. The van der Waals surface area contributed by atoms with Crippen LogP contribution in [0.2, 0.25) is 0 Å². The Labute approximate surface area is 101 Å². The van der Waals surface area contributed by atoms with Crippen molar-refractivity contribution < 1.29 is 16.8 Å². The van der Waals surface area contributed by atoms with Gasteiger partial charge in [0, 0.05) is 21.4 Å². The van der Waals surface area contributed by atoms with Gasteiger partial charge < -0.3 is 0 Å². The van der Waals surface area contributed by atoms with Crippen LogP contribution in [0.4, 0.5) is 0 Å². The van der Waals surface area contributed by atoms with Crippen LogP contribution >= 0.6 is 26.6 Å². The highest BCUT2D eigenvalue weighted by atomic mass is 79.9. The average molecular weight is 334 g/mol. The van der Waals surface area contributed by atoms with Crippen LogP contribution in [-0.4, -0.2) is 23.1 Å². The molecule has 4 nitrogen and oxygen atoms in total. The topological polar surface area (TPSA) is 68.3 Å². The maximum atomic E-state index is 11.2. The molecule has 0 aromatic heterocycles. The van der Waals surface area contributed by atoms with E-state index in [4.69, 9.17) is 10.7 Å². The molecular weight excluding hydrogens is 328 g/mol. The van der Waals surface area contributed by atoms with E-state index in [0.717, 1.165) is 12.3 Å². The standard InChI is InChI=1S/C7H6BrClO4S2/c1-14(10,11)6-2-5(8)3-7(4-6)15(9,12)13/h2-4H,1H3. The van der Waals surface area contributed by atoms with Crippen molar-refractivity contribution in [1.29, 1.82) is 0 Å². The van der Waals surface area contributed by atoms with Crippen LogP contribution in [0.5, 0.6) is 0 Å². The normalized spacial score (nSPS) is 12.7. The fourth-order valence-electron chi connectivity index (χ4n) is 0.892. The van der Waals surface area contributed by atoms with E-state index in [9.17, 15) is 16.8 Å². The van der Waals surface area contributed by atoms with Crippen molar-refractivity contribution in [1.82, 2.24) is 0 Å². The summed E-state index contributed by atoms with van der Waals surface area (Å²) >= 11 is 3.01. The van der Waals surface area contributed by atoms with Gasteiger partial charge >= 0.3 is 0 Å². The first-order chi connectivity index (χ1) is 6.60. The van der Waals surface area contributed by atoms with Crippen LogP contribution in [0.1, 0.15) is 0 Å². The van der Waals surface area contributed by atoms with Gasteiger partial charge in [0.05, 0.1) is 9.79 Å². The Balaban J connectivity index is 3.57. The van der Waals surface area contributed by atoms with Crippen molar-refractivity contribution in [3.8, 4) is 0 Å². The second kappa shape index (κ2) is 4.04. The first kappa shape index (κ1) is 13.0. The third kappa shape index (κ3) is 3.44. The summed E-state index contributed by atoms with van der Waals surface area (Å²) in [5, 5.41) is 0. The van der Waals surface area contributed by atoms with E-state index >= 15 is 0 Å². The highest BCUT2D eigenvalue weighted by Gasteiger charge is 2.16. The van der Waals surface area contributed by atoms with Gasteiger partial charge in [-0.15, -0.1) is 0 Å². The van der Waals surface area contributed by atoms with Gasteiger partial charge in [-0.05, 0) is 18.2 Å². The van der Waals surface area contributed by atoms with Crippen LogP contribution in [0.25, 0.3) is 0 Å². The molecule has 0 fully saturated rings. The summed E-state index contributed by atoms with van der Waals surface area (Å²) < 4.78 is 44.8. The summed E-state index contributed by atoms with van der Waals surface area (Å²) in [5.74, 6) is 0.